The minimum absolute atomic E-state index is 0.127. The smallest absolute Gasteiger partial charge is 0.240 e. The number of hydrogen-bond donors (Lipinski definition) is 2. The van der Waals surface area contributed by atoms with E-state index in [1.54, 1.807) is 36.4 Å². The molecule has 0 saturated heterocycles. The van der Waals surface area contributed by atoms with E-state index in [1.165, 1.54) is 12.1 Å². The van der Waals surface area contributed by atoms with Crippen molar-refractivity contribution in [3.63, 3.8) is 0 Å². The van der Waals surface area contributed by atoms with Crippen molar-refractivity contribution in [2.75, 3.05) is 6.54 Å². The highest BCUT2D eigenvalue weighted by Crippen LogP contribution is 2.17. The Kier molecular flexibility index (Phi) is 4.65. The number of nitrogens with one attached hydrogen (secondary N) is 1. The molecule has 2 aromatic carbocycles. The van der Waals surface area contributed by atoms with Gasteiger partial charge in [-0.15, -0.1) is 0 Å². The van der Waals surface area contributed by atoms with Crippen molar-refractivity contribution < 1.29 is 13.5 Å². The molecule has 0 atom stereocenters. The third kappa shape index (κ3) is 3.72. The monoisotopic (exact) mass is 311 g/mol. The molecule has 2 rings (SSSR count). The van der Waals surface area contributed by atoms with Gasteiger partial charge >= 0.3 is 0 Å². The van der Waals surface area contributed by atoms with Gasteiger partial charge in [0.1, 0.15) is 5.75 Å². The normalized spacial score (nSPS) is 11.4. The first-order chi connectivity index (χ1) is 9.49. The average molecular weight is 312 g/mol. The second-order valence-electron chi connectivity index (χ2n) is 4.23. The molecule has 4 nitrogen and oxygen atoms in total. The van der Waals surface area contributed by atoms with Gasteiger partial charge in [-0.05, 0) is 36.2 Å². The second-order valence-corrected chi connectivity index (χ2v) is 6.44. The number of benzene rings is 2. The van der Waals surface area contributed by atoms with Crippen LogP contribution in [-0.2, 0) is 16.4 Å². The molecule has 0 unspecified atom stereocenters. The van der Waals surface area contributed by atoms with Gasteiger partial charge in [-0.2, -0.15) is 0 Å². The molecule has 106 valence electrons. The molecule has 20 heavy (non-hydrogen) atoms. The lowest BCUT2D eigenvalue weighted by Gasteiger charge is -2.08. The molecule has 0 fully saturated rings. The highest BCUT2D eigenvalue weighted by molar-refractivity contribution is 7.89. The zero-order valence-electron chi connectivity index (χ0n) is 10.6. The Labute approximate surface area is 123 Å². The van der Waals surface area contributed by atoms with Crippen LogP contribution in [0.5, 0.6) is 5.75 Å². The van der Waals surface area contributed by atoms with E-state index in [0.29, 0.717) is 17.0 Å². The number of rotatable bonds is 5. The number of phenolic OH excluding ortho intramolecular Hbond substituents is 1. The van der Waals surface area contributed by atoms with E-state index in [1.807, 2.05) is 0 Å². The molecule has 0 spiro atoms. The van der Waals surface area contributed by atoms with Gasteiger partial charge < -0.3 is 5.11 Å². The minimum Gasteiger partial charge on any atom is -0.508 e. The molecule has 2 aromatic rings. The first-order valence-corrected chi connectivity index (χ1v) is 7.87. The molecule has 6 heteroatoms. The van der Waals surface area contributed by atoms with Gasteiger partial charge in [0.15, 0.2) is 0 Å². The Balaban J connectivity index is 2.02. The summed E-state index contributed by atoms with van der Waals surface area (Å²) in [6.45, 7) is 0.201. The van der Waals surface area contributed by atoms with Gasteiger partial charge in [-0.1, -0.05) is 35.9 Å². The first-order valence-electron chi connectivity index (χ1n) is 6.01. The van der Waals surface area contributed by atoms with E-state index in [-0.39, 0.29) is 17.2 Å². The van der Waals surface area contributed by atoms with Crippen molar-refractivity contribution in [1.29, 1.82) is 0 Å². The Bertz CT molecular complexity index is 701. The summed E-state index contributed by atoms with van der Waals surface area (Å²) >= 11 is 5.78. The molecule has 0 bridgehead atoms. The lowest BCUT2D eigenvalue weighted by Crippen LogP contribution is -2.26. The molecule has 0 aliphatic rings. The maximum Gasteiger partial charge on any atom is 0.240 e. The summed E-state index contributed by atoms with van der Waals surface area (Å²) in [5.41, 5.74) is 0.696. The molecular weight excluding hydrogens is 298 g/mol. The summed E-state index contributed by atoms with van der Waals surface area (Å²) in [5.74, 6) is 0.162. The first kappa shape index (κ1) is 14.8. The molecule has 0 aliphatic carbocycles. The summed E-state index contributed by atoms with van der Waals surface area (Å²) < 4.78 is 26.5. The largest absolute Gasteiger partial charge is 0.508 e. The summed E-state index contributed by atoms with van der Waals surface area (Å²) in [7, 11) is -3.58. The van der Waals surface area contributed by atoms with Crippen molar-refractivity contribution >= 4 is 21.6 Å². The topological polar surface area (TPSA) is 66.4 Å². The minimum atomic E-state index is -3.58. The third-order valence-corrected chi connectivity index (χ3v) is 4.48. The van der Waals surface area contributed by atoms with E-state index in [0.717, 1.165) is 0 Å². The Morgan fingerprint density at radius 1 is 1.10 bits per heavy atom. The SMILES string of the molecule is O=S(=O)(NCCc1ccccc1O)c1cccc(Cl)c1. The number of sulfonamides is 1. The Hall–Kier alpha value is -1.56. The lowest BCUT2D eigenvalue weighted by atomic mass is 10.1. The van der Waals surface area contributed by atoms with Crippen LogP contribution in [0, 0.1) is 0 Å². The maximum absolute atomic E-state index is 12.0. The van der Waals surface area contributed by atoms with E-state index in [4.69, 9.17) is 11.6 Å². The van der Waals surface area contributed by atoms with Crippen LogP contribution in [-0.4, -0.2) is 20.1 Å². The predicted molar refractivity (Wildman–Crippen MR) is 78.5 cm³/mol. The van der Waals surface area contributed by atoms with Gasteiger partial charge in [-0.25, -0.2) is 13.1 Å². The quantitative estimate of drug-likeness (QED) is 0.892. The number of phenols is 1. The number of hydrogen-bond acceptors (Lipinski definition) is 3. The van der Waals surface area contributed by atoms with Gasteiger partial charge in [-0.3, -0.25) is 0 Å². The summed E-state index contributed by atoms with van der Waals surface area (Å²) in [6, 6.07) is 12.9. The van der Waals surface area contributed by atoms with Crippen LogP contribution < -0.4 is 4.72 Å². The predicted octanol–water partition coefficient (Wildman–Crippen LogP) is 2.57. The number of para-hydroxylation sites is 1. The zero-order chi connectivity index (χ0) is 14.6. The van der Waals surface area contributed by atoms with Crippen LogP contribution >= 0.6 is 11.6 Å². The van der Waals surface area contributed by atoms with E-state index in [9.17, 15) is 13.5 Å². The van der Waals surface area contributed by atoms with Crippen molar-refractivity contribution in [3.8, 4) is 5.75 Å². The molecule has 0 radical (unpaired) electrons. The van der Waals surface area contributed by atoms with Crippen molar-refractivity contribution in [3.05, 3.63) is 59.1 Å². The van der Waals surface area contributed by atoms with Crippen molar-refractivity contribution in [1.82, 2.24) is 4.72 Å². The van der Waals surface area contributed by atoms with Gasteiger partial charge in [0.25, 0.3) is 0 Å². The summed E-state index contributed by atoms with van der Waals surface area (Å²) in [5, 5.41) is 9.97. The Morgan fingerprint density at radius 2 is 1.85 bits per heavy atom. The molecular formula is C14H14ClNO3S. The van der Waals surface area contributed by atoms with Crippen molar-refractivity contribution in [2.45, 2.75) is 11.3 Å². The van der Waals surface area contributed by atoms with Gasteiger partial charge in [0.2, 0.25) is 10.0 Å². The highest BCUT2D eigenvalue weighted by Gasteiger charge is 2.13. The maximum atomic E-state index is 12.0. The van der Waals surface area contributed by atoms with Gasteiger partial charge in [0, 0.05) is 11.6 Å². The highest BCUT2D eigenvalue weighted by atomic mass is 35.5. The molecule has 0 saturated carbocycles. The third-order valence-electron chi connectivity index (χ3n) is 2.78. The molecule has 2 N–H and O–H groups in total. The second kappa shape index (κ2) is 6.26. The van der Waals surface area contributed by atoms with E-state index in [2.05, 4.69) is 4.72 Å². The standard InChI is InChI=1S/C14H14ClNO3S/c15-12-5-3-6-13(10-12)20(18,19)16-9-8-11-4-1-2-7-14(11)17/h1-7,10,16-17H,8-9H2. The molecule has 0 amide bonds. The fourth-order valence-electron chi connectivity index (χ4n) is 1.76. The fraction of sp³-hybridized carbons (Fsp3) is 0.143. The molecule has 0 aromatic heterocycles. The zero-order valence-corrected chi connectivity index (χ0v) is 12.2. The van der Waals surface area contributed by atoms with E-state index >= 15 is 0 Å². The van der Waals surface area contributed by atoms with Crippen LogP contribution in [0.2, 0.25) is 5.02 Å². The number of aromatic hydroxyl groups is 1. The van der Waals surface area contributed by atoms with Crippen LogP contribution in [0.25, 0.3) is 0 Å². The summed E-state index contributed by atoms with van der Waals surface area (Å²) in [6.07, 6.45) is 0.409. The number of halogens is 1. The summed E-state index contributed by atoms with van der Waals surface area (Å²) in [4.78, 5) is 0.127. The lowest BCUT2D eigenvalue weighted by molar-refractivity contribution is 0.467. The van der Waals surface area contributed by atoms with Crippen LogP contribution in [0.1, 0.15) is 5.56 Å². The van der Waals surface area contributed by atoms with Crippen LogP contribution in [0.15, 0.2) is 53.4 Å². The Morgan fingerprint density at radius 3 is 2.55 bits per heavy atom. The van der Waals surface area contributed by atoms with Crippen LogP contribution in [0.4, 0.5) is 0 Å². The van der Waals surface area contributed by atoms with Crippen molar-refractivity contribution in [2.24, 2.45) is 0 Å². The van der Waals surface area contributed by atoms with Gasteiger partial charge in [0.05, 0.1) is 4.90 Å². The molecule has 0 heterocycles. The van der Waals surface area contributed by atoms with Crippen LogP contribution in [0.3, 0.4) is 0 Å². The average Bonchev–Trinajstić information content (AvgIpc) is 2.41. The van der Waals surface area contributed by atoms with E-state index < -0.39 is 10.0 Å². The molecule has 0 aliphatic heterocycles. The fourth-order valence-corrected chi connectivity index (χ4v) is 3.09.